The molecule has 3 amide bonds. The van der Waals surface area contributed by atoms with Crippen LogP contribution in [-0.2, 0) is 4.79 Å². The van der Waals surface area contributed by atoms with Gasteiger partial charge in [-0.15, -0.1) is 0 Å². The summed E-state index contributed by atoms with van der Waals surface area (Å²) in [4.78, 5) is 25.1. The van der Waals surface area contributed by atoms with E-state index in [1.165, 1.54) is 0 Å². The third kappa shape index (κ3) is 3.94. The number of halogens is 2. The van der Waals surface area contributed by atoms with Crippen molar-refractivity contribution in [2.75, 3.05) is 5.32 Å². The molecule has 1 heterocycles. The summed E-state index contributed by atoms with van der Waals surface area (Å²) in [6.45, 7) is 5.61. The number of hydrogen-bond donors (Lipinski definition) is 3. The molecule has 0 saturated heterocycles. The van der Waals surface area contributed by atoms with Gasteiger partial charge < -0.3 is 16.0 Å². The van der Waals surface area contributed by atoms with Gasteiger partial charge in [-0.25, -0.2) is 4.79 Å². The van der Waals surface area contributed by atoms with E-state index in [1.54, 1.807) is 25.1 Å². The summed E-state index contributed by atoms with van der Waals surface area (Å²) in [5, 5.41) is 9.21. The van der Waals surface area contributed by atoms with Crippen LogP contribution >= 0.6 is 23.2 Å². The minimum atomic E-state index is -0.686. The molecule has 3 rings (SSSR count). The Morgan fingerprint density at radius 3 is 2.56 bits per heavy atom. The highest BCUT2D eigenvalue weighted by Crippen LogP contribution is 2.34. The molecule has 1 aliphatic heterocycles. The van der Waals surface area contributed by atoms with Crippen LogP contribution in [-0.4, -0.2) is 11.9 Å². The van der Waals surface area contributed by atoms with Gasteiger partial charge in [-0.1, -0.05) is 41.4 Å². The Balaban J connectivity index is 2.01. The van der Waals surface area contributed by atoms with Crippen molar-refractivity contribution in [3.05, 3.63) is 74.4 Å². The predicted octanol–water partition coefficient (Wildman–Crippen LogP) is 4.88. The molecule has 0 spiro atoms. The zero-order chi connectivity index (χ0) is 19.7. The number of allylic oxidation sites excluding steroid dienone is 1. The second-order valence-electron chi connectivity index (χ2n) is 6.44. The molecule has 5 nitrogen and oxygen atoms in total. The Morgan fingerprint density at radius 1 is 1.11 bits per heavy atom. The van der Waals surface area contributed by atoms with Crippen LogP contribution in [0.15, 0.2) is 47.7 Å². The van der Waals surface area contributed by atoms with Crippen LogP contribution in [0, 0.1) is 13.8 Å². The van der Waals surface area contributed by atoms with Crippen LogP contribution in [0.2, 0.25) is 10.0 Å². The molecule has 0 aromatic heterocycles. The zero-order valence-electron chi connectivity index (χ0n) is 15.1. The van der Waals surface area contributed by atoms with E-state index in [9.17, 15) is 9.59 Å². The second-order valence-corrected chi connectivity index (χ2v) is 7.28. The molecule has 0 bridgehead atoms. The van der Waals surface area contributed by atoms with Gasteiger partial charge in [0.15, 0.2) is 0 Å². The van der Waals surface area contributed by atoms with Gasteiger partial charge in [0.05, 0.1) is 11.6 Å². The zero-order valence-corrected chi connectivity index (χ0v) is 16.6. The third-order valence-electron chi connectivity index (χ3n) is 4.64. The first-order valence-electron chi connectivity index (χ1n) is 8.38. The van der Waals surface area contributed by atoms with Gasteiger partial charge in [0.2, 0.25) is 0 Å². The van der Waals surface area contributed by atoms with Gasteiger partial charge in [-0.3, -0.25) is 4.79 Å². The van der Waals surface area contributed by atoms with Crippen LogP contribution in [0.1, 0.15) is 29.7 Å². The summed E-state index contributed by atoms with van der Waals surface area (Å²) in [5.74, 6) is -0.315. The number of carbonyl (C=O) groups is 2. The van der Waals surface area contributed by atoms with E-state index >= 15 is 0 Å². The average molecular weight is 404 g/mol. The van der Waals surface area contributed by atoms with Gasteiger partial charge in [-0.05, 0) is 55.7 Å². The van der Waals surface area contributed by atoms with Crippen LogP contribution in [0.3, 0.4) is 0 Å². The summed E-state index contributed by atoms with van der Waals surface area (Å²) in [7, 11) is 0. The molecule has 0 fully saturated rings. The average Bonchev–Trinajstić information content (AvgIpc) is 2.58. The van der Waals surface area contributed by atoms with Gasteiger partial charge in [0, 0.05) is 21.4 Å². The SMILES string of the molecule is CC1=C(C(=O)Nc2cccc(C)c2C)[C@@H](c2ccc(Cl)cc2Cl)NC(=O)N1. The maximum atomic E-state index is 13.1. The van der Waals surface area contributed by atoms with Crippen LogP contribution in [0.5, 0.6) is 0 Å². The number of benzene rings is 2. The number of aryl methyl sites for hydroxylation is 1. The van der Waals surface area contributed by atoms with E-state index in [1.807, 2.05) is 32.0 Å². The smallest absolute Gasteiger partial charge is 0.319 e. The Bertz CT molecular complexity index is 970. The summed E-state index contributed by atoms with van der Waals surface area (Å²) in [6, 6.07) is 9.59. The molecule has 0 aliphatic carbocycles. The van der Waals surface area contributed by atoms with Gasteiger partial charge in [-0.2, -0.15) is 0 Å². The number of hydrogen-bond acceptors (Lipinski definition) is 2. The Kier molecular flexibility index (Phi) is 5.44. The molecule has 3 N–H and O–H groups in total. The van der Waals surface area contributed by atoms with Crippen molar-refractivity contribution in [3.8, 4) is 0 Å². The quantitative estimate of drug-likeness (QED) is 0.683. The van der Waals surface area contributed by atoms with E-state index < -0.39 is 12.1 Å². The lowest BCUT2D eigenvalue weighted by Gasteiger charge is -2.29. The molecule has 2 aromatic rings. The van der Waals surface area contributed by atoms with Crippen LogP contribution in [0.4, 0.5) is 10.5 Å². The highest BCUT2D eigenvalue weighted by molar-refractivity contribution is 6.35. The highest BCUT2D eigenvalue weighted by Gasteiger charge is 2.32. The van der Waals surface area contributed by atoms with Crippen molar-refractivity contribution in [2.45, 2.75) is 26.8 Å². The van der Waals surface area contributed by atoms with Crippen LogP contribution in [0.25, 0.3) is 0 Å². The normalized spacial score (nSPS) is 16.6. The molecule has 140 valence electrons. The Labute approximate surface area is 167 Å². The van der Waals surface area contributed by atoms with Crippen molar-refractivity contribution < 1.29 is 9.59 Å². The number of carbonyl (C=O) groups excluding carboxylic acids is 2. The third-order valence-corrected chi connectivity index (χ3v) is 5.20. The van der Waals surface area contributed by atoms with Crippen molar-refractivity contribution in [2.24, 2.45) is 0 Å². The lowest BCUT2D eigenvalue weighted by Crippen LogP contribution is -2.46. The van der Waals surface area contributed by atoms with Gasteiger partial charge >= 0.3 is 6.03 Å². The first-order chi connectivity index (χ1) is 12.8. The van der Waals surface area contributed by atoms with Crippen molar-refractivity contribution >= 4 is 40.8 Å². The maximum Gasteiger partial charge on any atom is 0.319 e. The van der Waals surface area contributed by atoms with Crippen molar-refractivity contribution in [1.29, 1.82) is 0 Å². The van der Waals surface area contributed by atoms with Crippen molar-refractivity contribution in [1.82, 2.24) is 10.6 Å². The molecule has 1 aliphatic rings. The molecular weight excluding hydrogens is 385 g/mol. The molecule has 7 heteroatoms. The Morgan fingerprint density at radius 2 is 1.85 bits per heavy atom. The molecular formula is C20H19Cl2N3O2. The highest BCUT2D eigenvalue weighted by atomic mass is 35.5. The van der Waals surface area contributed by atoms with Crippen molar-refractivity contribution in [3.63, 3.8) is 0 Å². The first-order valence-corrected chi connectivity index (χ1v) is 9.14. The number of urea groups is 1. The summed E-state index contributed by atoms with van der Waals surface area (Å²) >= 11 is 12.3. The van der Waals surface area contributed by atoms with E-state index in [4.69, 9.17) is 23.2 Å². The lowest BCUT2D eigenvalue weighted by molar-refractivity contribution is -0.113. The summed E-state index contributed by atoms with van der Waals surface area (Å²) in [6.07, 6.45) is 0. The first kappa shape index (κ1) is 19.3. The summed E-state index contributed by atoms with van der Waals surface area (Å²) in [5.41, 5.74) is 4.24. The molecule has 0 radical (unpaired) electrons. The van der Waals surface area contributed by atoms with Gasteiger partial charge in [0.25, 0.3) is 5.91 Å². The minimum absolute atomic E-state index is 0.315. The maximum absolute atomic E-state index is 13.1. The fraction of sp³-hybridized carbons (Fsp3) is 0.200. The van der Waals surface area contributed by atoms with Crippen LogP contribution < -0.4 is 16.0 Å². The fourth-order valence-corrected chi connectivity index (χ4v) is 3.56. The number of nitrogens with one attached hydrogen (secondary N) is 3. The van der Waals surface area contributed by atoms with E-state index in [-0.39, 0.29) is 5.91 Å². The molecule has 1 atom stereocenters. The Hall–Kier alpha value is -2.50. The number of anilines is 1. The van der Waals surface area contributed by atoms with E-state index in [0.29, 0.717) is 26.9 Å². The standard InChI is InChI=1S/C20H19Cl2N3O2/c1-10-5-4-6-16(11(10)2)24-19(26)17-12(3)23-20(27)25-18(17)14-8-7-13(21)9-15(14)22/h4-9,18H,1-3H3,(H,24,26)(H2,23,25,27)/t18-/m1/s1. The fourth-order valence-electron chi connectivity index (χ4n) is 3.04. The topological polar surface area (TPSA) is 70.2 Å². The monoisotopic (exact) mass is 403 g/mol. The van der Waals surface area contributed by atoms with E-state index in [2.05, 4.69) is 16.0 Å². The molecule has 0 saturated carbocycles. The summed E-state index contributed by atoms with van der Waals surface area (Å²) < 4.78 is 0. The molecule has 2 aromatic carbocycles. The lowest BCUT2D eigenvalue weighted by atomic mass is 9.94. The van der Waals surface area contributed by atoms with Gasteiger partial charge in [0.1, 0.15) is 0 Å². The molecule has 27 heavy (non-hydrogen) atoms. The number of amides is 3. The minimum Gasteiger partial charge on any atom is -0.327 e. The predicted molar refractivity (Wildman–Crippen MR) is 108 cm³/mol. The van der Waals surface area contributed by atoms with E-state index in [0.717, 1.165) is 16.8 Å². The molecule has 0 unspecified atom stereocenters. The largest absolute Gasteiger partial charge is 0.327 e. The second kappa shape index (κ2) is 7.62. The number of rotatable bonds is 3.